The van der Waals surface area contributed by atoms with E-state index in [-0.39, 0.29) is 41.5 Å². The second-order valence-corrected chi connectivity index (χ2v) is 9.17. The van der Waals surface area contributed by atoms with Crippen LogP contribution in [0.1, 0.15) is 23.1 Å². The first kappa shape index (κ1) is 25.6. The van der Waals surface area contributed by atoms with E-state index in [9.17, 15) is 27.5 Å². The number of ether oxygens (including phenoxy) is 2. The molecule has 0 spiro atoms. The number of alkyl halides is 3. The van der Waals surface area contributed by atoms with Crippen LogP contribution in [0.3, 0.4) is 0 Å². The lowest BCUT2D eigenvalue weighted by atomic mass is 10.0. The Morgan fingerprint density at radius 1 is 1.13 bits per heavy atom. The summed E-state index contributed by atoms with van der Waals surface area (Å²) in [7, 11) is 0. The van der Waals surface area contributed by atoms with Gasteiger partial charge in [0.25, 0.3) is 0 Å². The molecule has 3 heterocycles. The first-order valence-electron chi connectivity index (χ1n) is 11.9. The molecule has 0 saturated carbocycles. The molecule has 2 aromatic carbocycles. The molecule has 0 fully saturated rings. The molecule has 0 aliphatic carbocycles. The minimum absolute atomic E-state index is 0.00169. The number of benzene rings is 2. The van der Waals surface area contributed by atoms with Crippen LogP contribution in [0.15, 0.2) is 72.1 Å². The van der Waals surface area contributed by atoms with Gasteiger partial charge in [0, 0.05) is 49.7 Å². The molecule has 0 unspecified atom stereocenters. The van der Waals surface area contributed by atoms with Crippen LogP contribution in [-0.4, -0.2) is 46.8 Å². The lowest BCUT2D eigenvalue weighted by molar-refractivity contribution is -0.137. The standard InChI is InChI=1S/C28H24F4N2O4/c29-24-12-21(37-16-18-5-6-25(34-8-1-2-9-34)23(11-18)28(30,31)32)13-26-22(24)10-19(17-38-26)14-33-7-3-4-20(15-33)27(35)36/h1-2,4-6,8-13H,3,7,14-17H2,(H,35,36). The third-order valence-electron chi connectivity index (χ3n) is 6.41. The van der Waals surface area contributed by atoms with Crippen molar-refractivity contribution in [2.45, 2.75) is 19.2 Å². The molecule has 1 N–H and O–H groups in total. The van der Waals surface area contributed by atoms with Gasteiger partial charge >= 0.3 is 12.1 Å². The van der Waals surface area contributed by atoms with E-state index in [4.69, 9.17) is 9.47 Å². The Kier molecular flexibility index (Phi) is 6.98. The number of fused-ring (bicyclic) bond motifs is 1. The number of carboxylic acids is 1. The smallest absolute Gasteiger partial charge is 0.418 e. The van der Waals surface area contributed by atoms with E-state index < -0.39 is 23.5 Å². The zero-order valence-electron chi connectivity index (χ0n) is 20.2. The fraction of sp³-hybridized carbons (Fsp3) is 0.250. The quantitative estimate of drug-likeness (QED) is 0.399. The van der Waals surface area contributed by atoms with Crippen LogP contribution in [0.25, 0.3) is 11.8 Å². The van der Waals surface area contributed by atoms with Crippen molar-refractivity contribution in [1.82, 2.24) is 9.47 Å². The molecule has 38 heavy (non-hydrogen) atoms. The predicted octanol–water partition coefficient (Wildman–Crippen LogP) is 5.71. The van der Waals surface area contributed by atoms with Gasteiger partial charge in [-0.3, -0.25) is 4.90 Å². The van der Waals surface area contributed by atoms with E-state index >= 15 is 0 Å². The fourth-order valence-electron chi connectivity index (χ4n) is 4.59. The number of nitrogens with zero attached hydrogens (tertiary/aromatic N) is 2. The molecule has 0 amide bonds. The first-order chi connectivity index (χ1) is 18.2. The Morgan fingerprint density at radius 2 is 1.92 bits per heavy atom. The summed E-state index contributed by atoms with van der Waals surface area (Å²) < 4.78 is 68.8. The van der Waals surface area contributed by atoms with E-state index in [1.807, 2.05) is 4.90 Å². The summed E-state index contributed by atoms with van der Waals surface area (Å²) in [6, 6.07) is 9.91. The third kappa shape index (κ3) is 5.60. The summed E-state index contributed by atoms with van der Waals surface area (Å²) in [5.74, 6) is -1.13. The molecular weight excluding hydrogens is 504 g/mol. The Bertz CT molecular complexity index is 1410. The number of rotatable bonds is 7. The lowest BCUT2D eigenvalue weighted by Crippen LogP contribution is -2.35. The van der Waals surface area contributed by atoms with Gasteiger partial charge in [0.15, 0.2) is 0 Å². The van der Waals surface area contributed by atoms with Crippen LogP contribution in [0.2, 0.25) is 0 Å². The molecule has 0 saturated heterocycles. The maximum absolute atomic E-state index is 15.0. The topological polar surface area (TPSA) is 63.9 Å². The minimum atomic E-state index is -4.56. The van der Waals surface area contributed by atoms with Gasteiger partial charge in [-0.05, 0) is 47.9 Å². The highest BCUT2D eigenvalue weighted by atomic mass is 19.4. The molecule has 6 nitrogen and oxygen atoms in total. The summed E-state index contributed by atoms with van der Waals surface area (Å²) >= 11 is 0. The third-order valence-corrected chi connectivity index (χ3v) is 6.41. The molecule has 5 rings (SSSR count). The predicted molar refractivity (Wildman–Crippen MR) is 132 cm³/mol. The number of hydrogen-bond acceptors (Lipinski definition) is 4. The van der Waals surface area contributed by atoms with Gasteiger partial charge < -0.3 is 19.1 Å². The Hall–Kier alpha value is -4.05. The Balaban J connectivity index is 1.29. The van der Waals surface area contributed by atoms with Crippen molar-refractivity contribution in [3.63, 3.8) is 0 Å². The molecule has 0 radical (unpaired) electrons. The molecule has 2 aliphatic heterocycles. The highest BCUT2D eigenvalue weighted by molar-refractivity contribution is 5.87. The minimum Gasteiger partial charge on any atom is -0.489 e. The number of halogens is 4. The first-order valence-corrected chi connectivity index (χ1v) is 11.9. The van der Waals surface area contributed by atoms with Gasteiger partial charge in [-0.1, -0.05) is 12.1 Å². The van der Waals surface area contributed by atoms with Gasteiger partial charge in [-0.2, -0.15) is 13.2 Å². The maximum Gasteiger partial charge on any atom is 0.418 e. The average molecular weight is 529 g/mol. The van der Waals surface area contributed by atoms with E-state index in [2.05, 4.69) is 0 Å². The fourth-order valence-corrected chi connectivity index (χ4v) is 4.59. The number of aliphatic carboxylic acids is 1. The van der Waals surface area contributed by atoms with Crippen molar-refractivity contribution in [3.8, 4) is 17.2 Å². The molecular formula is C28H24F4N2O4. The van der Waals surface area contributed by atoms with Gasteiger partial charge in [-0.25, -0.2) is 9.18 Å². The summed E-state index contributed by atoms with van der Waals surface area (Å²) in [4.78, 5) is 13.2. The molecule has 0 atom stereocenters. The molecule has 198 valence electrons. The molecule has 3 aromatic rings. The number of hydrogen-bond donors (Lipinski definition) is 1. The van der Waals surface area contributed by atoms with Crippen molar-refractivity contribution in [1.29, 1.82) is 0 Å². The van der Waals surface area contributed by atoms with Crippen molar-refractivity contribution in [2.24, 2.45) is 0 Å². The molecule has 2 aliphatic rings. The number of carbonyl (C=O) groups is 1. The van der Waals surface area contributed by atoms with Gasteiger partial charge in [0.1, 0.15) is 30.5 Å². The van der Waals surface area contributed by atoms with E-state index in [0.717, 1.165) is 11.6 Å². The SMILES string of the molecule is O=C(O)C1=CCCN(CC2=Cc3c(F)cc(OCc4ccc(-n5cccc5)c(C(F)(F)F)c4)cc3OC2)C1. The van der Waals surface area contributed by atoms with Crippen LogP contribution in [0, 0.1) is 5.82 Å². The average Bonchev–Trinajstić information content (AvgIpc) is 3.42. The largest absolute Gasteiger partial charge is 0.489 e. The number of aromatic nitrogens is 1. The van der Waals surface area contributed by atoms with Crippen LogP contribution >= 0.6 is 0 Å². The van der Waals surface area contributed by atoms with Crippen LogP contribution < -0.4 is 9.47 Å². The molecule has 10 heteroatoms. The van der Waals surface area contributed by atoms with Gasteiger partial charge in [0.05, 0.1) is 16.8 Å². The highest BCUT2D eigenvalue weighted by Crippen LogP contribution is 2.36. The van der Waals surface area contributed by atoms with E-state index in [1.54, 1.807) is 24.3 Å². The maximum atomic E-state index is 15.0. The monoisotopic (exact) mass is 528 g/mol. The van der Waals surface area contributed by atoms with E-state index in [0.29, 0.717) is 31.6 Å². The Morgan fingerprint density at radius 3 is 2.66 bits per heavy atom. The van der Waals surface area contributed by atoms with Crippen molar-refractivity contribution < 1.29 is 36.9 Å². The van der Waals surface area contributed by atoms with E-state index in [1.165, 1.54) is 41.2 Å². The second kappa shape index (κ2) is 10.4. The van der Waals surface area contributed by atoms with Crippen molar-refractivity contribution >= 4 is 12.0 Å². The van der Waals surface area contributed by atoms with Gasteiger partial charge in [0.2, 0.25) is 0 Å². The summed E-state index contributed by atoms with van der Waals surface area (Å²) in [5, 5.41) is 9.22. The van der Waals surface area contributed by atoms with Gasteiger partial charge in [-0.15, -0.1) is 0 Å². The lowest BCUT2D eigenvalue weighted by Gasteiger charge is -2.28. The summed E-state index contributed by atoms with van der Waals surface area (Å²) in [5.41, 5.74) is 0.877. The zero-order chi connectivity index (χ0) is 26.9. The van der Waals surface area contributed by atoms with Crippen molar-refractivity contribution in [2.75, 3.05) is 26.2 Å². The Labute approximate surface area is 216 Å². The van der Waals surface area contributed by atoms with Crippen LogP contribution in [-0.2, 0) is 17.6 Å². The highest BCUT2D eigenvalue weighted by Gasteiger charge is 2.34. The number of carboxylic acid groups (broad SMARTS) is 1. The molecule has 0 bridgehead atoms. The summed E-state index contributed by atoms with van der Waals surface area (Å²) in [6.07, 6.45) is 2.53. The van der Waals surface area contributed by atoms with Crippen LogP contribution in [0.4, 0.5) is 17.6 Å². The summed E-state index contributed by atoms with van der Waals surface area (Å²) in [6.45, 7) is 1.45. The van der Waals surface area contributed by atoms with Crippen molar-refractivity contribution in [3.05, 3.63) is 94.6 Å². The second-order valence-electron chi connectivity index (χ2n) is 9.17. The zero-order valence-corrected chi connectivity index (χ0v) is 20.2. The van der Waals surface area contributed by atoms with Crippen LogP contribution in [0.5, 0.6) is 11.5 Å². The normalized spacial score (nSPS) is 15.8. The molecule has 1 aromatic heterocycles.